The molecule has 38 heavy (non-hydrogen) atoms. The number of hydrogen-bond acceptors (Lipinski definition) is 13. The van der Waals surface area contributed by atoms with E-state index in [-0.39, 0.29) is 22.8 Å². The molecular weight excluding hydrogens is 515 g/mol. The van der Waals surface area contributed by atoms with Gasteiger partial charge in [0.1, 0.15) is 24.5 Å². The lowest BCUT2D eigenvalue weighted by molar-refractivity contribution is -0.395. The molecule has 0 aliphatic rings. The molecule has 1 amide bonds. The van der Waals surface area contributed by atoms with Gasteiger partial charge in [-0.05, 0) is 6.07 Å². The van der Waals surface area contributed by atoms with Crippen LogP contribution in [0.3, 0.4) is 0 Å². The monoisotopic (exact) mass is 536 g/mol. The van der Waals surface area contributed by atoms with Gasteiger partial charge in [-0.25, -0.2) is 0 Å². The number of rotatable bonds is 11. The normalized spacial score (nSPS) is 10.6. The molecule has 1 N–H and O–H groups in total. The summed E-state index contributed by atoms with van der Waals surface area (Å²) < 4.78 is 28.8. The summed E-state index contributed by atoms with van der Waals surface area (Å²) in [5.41, 5.74) is -2.72. The molecule has 202 valence electrons. The molecule has 2 aromatic carbocycles. The van der Waals surface area contributed by atoms with Crippen molar-refractivity contribution in [2.24, 2.45) is 10.2 Å². The van der Waals surface area contributed by atoms with Crippen molar-refractivity contribution in [3.63, 3.8) is 0 Å². The number of nitro groups is 2. The van der Waals surface area contributed by atoms with Crippen molar-refractivity contribution in [3.8, 4) is 5.75 Å². The van der Waals surface area contributed by atoms with E-state index < -0.39 is 63.7 Å². The maximum absolute atomic E-state index is 14.1. The molecular formula is C21H21FN6O10. The maximum atomic E-state index is 14.1. The van der Waals surface area contributed by atoms with E-state index >= 15 is 0 Å². The number of anilines is 2. The van der Waals surface area contributed by atoms with Crippen molar-refractivity contribution in [2.75, 3.05) is 44.6 Å². The summed E-state index contributed by atoms with van der Waals surface area (Å²) in [5, 5.41) is 32.3. The van der Waals surface area contributed by atoms with Gasteiger partial charge in [-0.15, -0.1) is 10.2 Å². The minimum Gasteiger partial charge on any atom is -0.494 e. The van der Waals surface area contributed by atoms with Gasteiger partial charge < -0.3 is 24.4 Å². The second kappa shape index (κ2) is 12.7. The van der Waals surface area contributed by atoms with Crippen LogP contribution in [0.4, 0.5) is 38.5 Å². The highest BCUT2D eigenvalue weighted by molar-refractivity contribution is 5.94. The van der Waals surface area contributed by atoms with Gasteiger partial charge in [-0.3, -0.25) is 34.6 Å². The molecule has 0 spiro atoms. The number of benzene rings is 2. The number of ether oxygens (including phenoxy) is 3. The van der Waals surface area contributed by atoms with Gasteiger partial charge in [-0.1, -0.05) is 0 Å². The van der Waals surface area contributed by atoms with Crippen LogP contribution in [0.15, 0.2) is 34.5 Å². The van der Waals surface area contributed by atoms with Crippen LogP contribution in [0.5, 0.6) is 5.75 Å². The number of esters is 2. The minimum absolute atomic E-state index is 0.0187. The number of azo groups is 1. The quantitative estimate of drug-likeness (QED) is 0.191. The van der Waals surface area contributed by atoms with Crippen LogP contribution in [0, 0.1) is 26.0 Å². The van der Waals surface area contributed by atoms with Crippen LogP contribution in [0.2, 0.25) is 0 Å². The molecule has 0 fully saturated rings. The number of carbonyl (C=O) groups excluding carboxylic acids is 3. The maximum Gasteiger partial charge on any atom is 0.325 e. The van der Waals surface area contributed by atoms with Crippen molar-refractivity contribution >= 4 is 52.0 Å². The van der Waals surface area contributed by atoms with Gasteiger partial charge in [0.15, 0.2) is 5.69 Å². The van der Waals surface area contributed by atoms with E-state index in [2.05, 4.69) is 25.0 Å². The Balaban J connectivity index is 2.69. The Hall–Kier alpha value is -5.22. The Morgan fingerprint density at radius 1 is 0.921 bits per heavy atom. The summed E-state index contributed by atoms with van der Waals surface area (Å²) >= 11 is 0. The average Bonchev–Trinajstić information content (AvgIpc) is 2.86. The highest BCUT2D eigenvalue weighted by Crippen LogP contribution is 2.41. The van der Waals surface area contributed by atoms with Gasteiger partial charge >= 0.3 is 23.3 Å². The Kier molecular flexibility index (Phi) is 9.66. The zero-order chi connectivity index (χ0) is 28.6. The summed E-state index contributed by atoms with van der Waals surface area (Å²) in [5.74, 6) is -3.37. The Bertz CT molecular complexity index is 1300. The number of nitrogens with one attached hydrogen (secondary N) is 1. The first-order chi connectivity index (χ1) is 17.9. The summed E-state index contributed by atoms with van der Waals surface area (Å²) in [6.07, 6.45) is 0. The minimum atomic E-state index is -1.38. The van der Waals surface area contributed by atoms with E-state index in [0.717, 1.165) is 14.2 Å². The fourth-order valence-corrected chi connectivity index (χ4v) is 3.02. The van der Waals surface area contributed by atoms with Gasteiger partial charge in [0.05, 0.1) is 48.6 Å². The third-order valence-electron chi connectivity index (χ3n) is 4.75. The van der Waals surface area contributed by atoms with Crippen LogP contribution in [-0.4, -0.2) is 62.1 Å². The zero-order valence-electron chi connectivity index (χ0n) is 20.4. The van der Waals surface area contributed by atoms with Crippen molar-refractivity contribution in [1.29, 1.82) is 0 Å². The molecule has 0 unspecified atom stereocenters. The smallest absolute Gasteiger partial charge is 0.325 e. The van der Waals surface area contributed by atoms with Crippen molar-refractivity contribution < 1.29 is 42.8 Å². The summed E-state index contributed by atoms with van der Waals surface area (Å²) in [6.45, 7) is 0.329. The fourth-order valence-electron chi connectivity index (χ4n) is 3.02. The van der Waals surface area contributed by atoms with Gasteiger partial charge in [0.2, 0.25) is 11.7 Å². The third kappa shape index (κ3) is 7.15. The van der Waals surface area contributed by atoms with Crippen molar-refractivity contribution in [1.82, 2.24) is 0 Å². The number of amides is 1. The second-order valence-corrected chi connectivity index (χ2v) is 7.24. The third-order valence-corrected chi connectivity index (χ3v) is 4.75. The van der Waals surface area contributed by atoms with Crippen LogP contribution in [-0.2, 0) is 23.9 Å². The highest BCUT2D eigenvalue weighted by atomic mass is 19.1. The topological polar surface area (TPSA) is 205 Å². The first kappa shape index (κ1) is 29.0. The number of carbonyl (C=O) groups is 3. The number of methoxy groups -OCH3 is 3. The summed E-state index contributed by atoms with van der Waals surface area (Å²) in [6, 6.07) is 3.38. The highest BCUT2D eigenvalue weighted by Gasteiger charge is 2.26. The lowest BCUT2D eigenvalue weighted by Crippen LogP contribution is -2.36. The molecule has 16 nitrogen and oxygen atoms in total. The number of hydrogen-bond donors (Lipinski definition) is 1. The SMILES string of the molecule is COC(=O)CN(CC(=O)OC)c1cc(NC(C)=O)c(N=Nc2cc(F)c([N+](=O)[O-])cc2[N+](=O)[O-])cc1OC. The van der Waals surface area contributed by atoms with Crippen LogP contribution >= 0.6 is 0 Å². The van der Waals surface area contributed by atoms with E-state index in [0.29, 0.717) is 12.1 Å². The first-order valence-electron chi connectivity index (χ1n) is 10.3. The van der Waals surface area contributed by atoms with E-state index in [1.807, 2.05) is 0 Å². The average molecular weight is 536 g/mol. The fraction of sp³-hybridized carbons (Fsp3) is 0.286. The number of halogens is 1. The summed E-state index contributed by atoms with van der Waals surface area (Å²) in [4.78, 5) is 57.1. The molecule has 17 heteroatoms. The molecule has 0 aliphatic carbocycles. The predicted molar refractivity (Wildman–Crippen MR) is 127 cm³/mol. The standard InChI is InChI=1S/C21H21FN6O10/c1-11(29)23-13-6-18(26(9-20(30)37-3)10-21(31)38-4)19(36-2)7-14(13)24-25-15-5-12(22)16(27(32)33)8-17(15)28(34)35/h5-8H,9-10H2,1-4H3,(H,23,29). The first-order valence-corrected chi connectivity index (χ1v) is 10.3. The zero-order valence-corrected chi connectivity index (χ0v) is 20.4. The van der Waals surface area contributed by atoms with Crippen LogP contribution in [0.25, 0.3) is 0 Å². The van der Waals surface area contributed by atoms with Crippen molar-refractivity contribution in [2.45, 2.75) is 6.92 Å². The van der Waals surface area contributed by atoms with E-state index in [1.54, 1.807) is 0 Å². The van der Waals surface area contributed by atoms with Gasteiger partial charge in [0.25, 0.3) is 0 Å². The molecule has 0 saturated carbocycles. The predicted octanol–water partition coefficient (Wildman–Crippen LogP) is 3.18. The van der Waals surface area contributed by atoms with E-state index in [4.69, 9.17) is 4.74 Å². The van der Waals surface area contributed by atoms with Crippen LogP contribution in [0.1, 0.15) is 6.92 Å². The van der Waals surface area contributed by atoms with Crippen LogP contribution < -0.4 is 15.0 Å². The molecule has 0 saturated heterocycles. The molecule has 0 radical (unpaired) electrons. The Labute approximate surface area is 213 Å². The molecule has 0 aliphatic heterocycles. The number of nitrogens with zero attached hydrogens (tertiary/aromatic N) is 5. The largest absolute Gasteiger partial charge is 0.494 e. The van der Waals surface area contributed by atoms with E-state index in [9.17, 15) is 39.0 Å². The van der Waals surface area contributed by atoms with E-state index in [1.165, 1.54) is 31.1 Å². The van der Waals surface area contributed by atoms with Gasteiger partial charge in [0, 0.05) is 19.1 Å². The Morgan fingerprint density at radius 3 is 1.95 bits per heavy atom. The Morgan fingerprint density at radius 2 is 1.47 bits per heavy atom. The van der Waals surface area contributed by atoms with Gasteiger partial charge in [-0.2, -0.15) is 4.39 Å². The molecule has 0 heterocycles. The number of nitro benzene ring substituents is 2. The van der Waals surface area contributed by atoms with Crippen molar-refractivity contribution in [3.05, 3.63) is 50.3 Å². The molecule has 2 rings (SSSR count). The lowest BCUT2D eigenvalue weighted by atomic mass is 10.2. The molecule has 2 aromatic rings. The molecule has 0 atom stereocenters. The summed E-state index contributed by atoms with van der Waals surface area (Å²) in [7, 11) is 3.54. The molecule has 0 bridgehead atoms. The lowest BCUT2D eigenvalue weighted by Gasteiger charge is -2.25. The molecule has 0 aromatic heterocycles. The second-order valence-electron chi connectivity index (χ2n) is 7.24.